The molecule has 2 fully saturated rings. The molecule has 0 spiro atoms. The predicted molar refractivity (Wildman–Crippen MR) is 137 cm³/mol. The van der Waals surface area contributed by atoms with E-state index in [1.54, 1.807) is 12.1 Å². The molecule has 2 aromatic carbocycles. The molecule has 4 unspecified atom stereocenters. The molecule has 39 heavy (non-hydrogen) atoms. The van der Waals surface area contributed by atoms with Crippen LogP contribution in [-0.4, -0.2) is 31.0 Å². The molecule has 2 aliphatic rings. The molecule has 2 saturated carbocycles. The molecule has 212 valence electrons. The molecule has 7 nitrogen and oxygen atoms in total. The lowest BCUT2D eigenvalue weighted by Gasteiger charge is -2.44. The molecule has 0 heterocycles. The van der Waals surface area contributed by atoms with E-state index in [2.05, 4.69) is 47.8 Å². The number of carbonyl (C=O) groups excluding carboxylic acids is 2. The van der Waals surface area contributed by atoms with E-state index in [0.717, 1.165) is 17.3 Å². The van der Waals surface area contributed by atoms with Crippen molar-refractivity contribution in [2.24, 2.45) is 17.8 Å². The van der Waals surface area contributed by atoms with Gasteiger partial charge in [-0.15, -0.1) is 0 Å². The molecule has 4 atom stereocenters. The van der Waals surface area contributed by atoms with Gasteiger partial charge in [0.05, 0.1) is 11.5 Å². The number of rotatable bonds is 5. The van der Waals surface area contributed by atoms with E-state index >= 15 is 0 Å². The van der Waals surface area contributed by atoms with Gasteiger partial charge >= 0.3 is 11.9 Å². The third kappa shape index (κ3) is 6.07. The second-order valence-electron chi connectivity index (χ2n) is 9.27. The number of carbonyl (C=O) groups is 2. The Morgan fingerprint density at radius 1 is 0.846 bits per heavy atom. The Morgan fingerprint density at radius 2 is 1.38 bits per heavy atom. The standard InChI is InChI=1S/C24H19Br3F4O7S/c25-9-7-13(26)16(14(27)8-9)24(33)37-15-6-5-12(10-3-1-2-4-11(10)15)23(32)38-21-17(28)19(30)22(39(34,35)36)20(31)18(21)29/h7-8,10-12,15H,1-6H2,(H,34,35,36)/p-1. The van der Waals surface area contributed by atoms with Crippen LogP contribution in [0.2, 0.25) is 0 Å². The van der Waals surface area contributed by atoms with Crippen LogP contribution in [0.5, 0.6) is 5.75 Å². The molecule has 2 aromatic rings. The van der Waals surface area contributed by atoms with Crippen LogP contribution in [0.25, 0.3) is 0 Å². The second-order valence-corrected chi connectivity index (χ2v) is 13.2. The van der Waals surface area contributed by atoms with Crippen molar-refractivity contribution >= 4 is 69.8 Å². The van der Waals surface area contributed by atoms with Gasteiger partial charge in [0.2, 0.25) is 17.4 Å². The summed E-state index contributed by atoms with van der Waals surface area (Å²) >= 11 is 10.0. The maximum absolute atomic E-state index is 14.4. The summed E-state index contributed by atoms with van der Waals surface area (Å²) in [7, 11) is -5.90. The monoisotopic (exact) mass is 763 g/mol. The van der Waals surface area contributed by atoms with Crippen LogP contribution < -0.4 is 4.74 Å². The molecule has 4 rings (SSSR count). The average molecular weight is 766 g/mol. The lowest BCUT2D eigenvalue weighted by Crippen LogP contribution is -2.45. The topological polar surface area (TPSA) is 110 Å². The van der Waals surface area contributed by atoms with E-state index in [9.17, 15) is 40.1 Å². The van der Waals surface area contributed by atoms with Gasteiger partial charge in [-0.25, -0.2) is 22.0 Å². The van der Waals surface area contributed by atoms with Crippen molar-refractivity contribution < 1.29 is 49.6 Å². The molecular formula is C24H18Br3F4O7S-. The average Bonchev–Trinajstić information content (AvgIpc) is 2.84. The number of hydrogen-bond acceptors (Lipinski definition) is 7. The third-order valence-corrected chi connectivity index (χ3v) is 9.61. The molecule has 0 N–H and O–H groups in total. The Hall–Kier alpha value is -1.55. The number of benzene rings is 2. The van der Waals surface area contributed by atoms with Crippen LogP contribution in [-0.2, 0) is 19.6 Å². The van der Waals surface area contributed by atoms with Crippen molar-refractivity contribution in [3.05, 3.63) is 54.4 Å². The van der Waals surface area contributed by atoms with E-state index in [1.807, 2.05) is 0 Å². The van der Waals surface area contributed by atoms with Crippen LogP contribution in [0, 0.1) is 41.0 Å². The van der Waals surface area contributed by atoms with Crippen LogP contribution >= 0.6 is 47.8 Å². The van der Waals surface area contributed by atoms with Gasteiger partial charge < -0.3 is 14.0 Å². The Balaban J connectivity index is 1.56. The SMILES string of the molecule is O=C(OC1CCC(C(=O)Oc2c(F)c(F)c(S(=O)(=O)[O-])c(F)c2F)C2CCCCC12)c1c(Br)cc(Br)cc1Br. The largest absolute Gasteiger partial charge is 0.744 e. The highest BCUT2D eigenvalue weighted by Gasteiger charge is 2.46. The van der Waals surface area contributed by atoms with E-state index in [0.29, 0.717) is 21.8 Å². The normalized spacial score (nSPS) is 23.2. The number of hydrogen-bond donors (Lipinski definition) is 0. The quantitative estimate of drug-likeness (QED) is 0.109. The van der Waals surface area contributed by atoms with Crippen molar-refractivity contribution in [2.45, 2.75) is 49.5 Å². The molecule has 0 aliphatic heterocycles. The summed E-state index contributed by atoms with van der Waals surface area (Å²) in [6.45, 7) is 0. The molecule has 0 radical (unpaired) electrons. The lowest BCUT2D eigenvalue weighted by molar-refractivity contribution is -0.147. The van der Waals surface area contributed by atoms with Crippen molar-refractivity contribution in [3.8, 4) is 5.75 Å². The van der Waals surface area contributed by atoms with Crippen LogP contribution in [0.4, 0.5) is 17.6 Å². The highest BCUT2D eigenvalue weighted by Crippen LogP contribution is 2.46. The lowest BCUT2D eigenvalue weighted by atomic mass is 9.64. The minimum Gasteiger partial charge on any atom is -0.744 e. The van der Waals surface area contributed by atoms with E-state index in [1.165, 1.54) is 0 Å². The van der Waals surface area contributed by atoms with Crippen LogP contribution in [0.1, 0.15) is 48.9 Å². The van der Waals surface area contributed by atoms with Gasteiger partial charge in [-0.2, -0.15) is 8.78 Å². The Labute approximate surface area is 245 Å². The Kier molecular flexibility index (Phi) is 9.16. The molecule has 15 heteroatoms. The summed E-state index contributed by atoms with van der Waals surface area (Å²) in [5.41, 5.74) is 0.269. The smallest absolute Gasteiger partial charge is 0.340 e. The number of halogens is 7. The first-order valence-electron chi connectivity index (χ1n) is 11.6. The molecule has 0 amide bonds. The van der Waals surface area contributed by atoms with Gasteiger partial charge in [0.25, 0.3) is 0 Å². The molecule has 0 aromatic heterocycles. The van der Waals surface area contributed by atoms with Crippen molar-refractivity contribution in [2.75, 3.05) is 0 Å². The molecule has 0 bridgehead atoms. The van der Waals surface area contributed by atoms with Crippen molar-refractivity contribution in [3.63, 3.8) is 0 Å². The molecule has 0 saturated heterocycles. The minimum atomic E-state index is -5.90. The van der Waals surface area contributed by atoms with Crippen LogP contribution in [0.15, 0.2) is 30.4 Å². The molecular weight excluding hydrogens is 748 g/mol. The summed E-state index contributed by atoms with van der Waals surface area (Å²) in [6, 6.07) is 3.36. The summed E-state index contributed by atoms with van der Waals surface area (Å²) in [6.07, 6.45) is 2.33. The maximum Gasteiger partial charge on any atom is 0.340 e. The fourth-order valence-corrected chi connectivity index (χ4v) is 8.57. The zero-order valence-corrected chi connectivity index (χ0v) is 25.2. The Bertz CT molecular complexity index is 1400. The van der Waals surface area contributed by atoms with Gasteiger partial charge in [0.15, 0.2) is 11.6 Å². The highest BCUT2D eigenvalue weighted by atomic mass is 79.9. The maximum atomic E-state index is 14.4. The van der Waals surface area contributed by atoms with Gasteiger partial charge in [-0.3, -0.25) is 4.79 Å². The highest BCUT2D eigenvalue weighted by molar-refractivity contribution is 9.11. The van der Waals surface area contributed by atoms with E-state index in [-0.39, 0.29) is 24.3 Å². The Morgan fingerprint density at radius 3 is 1.92 bits per heavy atom. The summed E-state index contributed by atoms with van der Waals surface area (Å²) in [5, 5.41) is 0. The fraction of sp³-hybridized carbons (Fsp3) is 0.417. The zero-order chi connectivity index (χ0) is 28.8. The summed E-state index contributed by atoms with van der Waals surface area (Å²) < 4.78 is 103. The minimum absolute atomic E-state index is 0.0852. The summed E-state index contributed by atoms with van der Waals surface area (Å²) in [5.74, 6) is -14.8. The first kappa shape index (κ1) is 30.4. The van der Waals surface area contributed by atoms with Crippen molar-refractivity contribution in [1.29, 1.82) is 0 Å². The van der Waals surface area contributed by atoms with Gasteiger partial charge in [0.1, 0.15) is 21.1 Å². The number of ether oxygens (including phenoxy) is 2. The molecule has 2 aliphatic carbocycles. The first-order chi connectivity index (χ1) is 18.2. The van der Waals surface area contributed by atoms with Gasteiger partial charge in [-0.1, -0.05) is 28.8 Å². The van der Waals surface area contributed by atoms with E-state index in [4.69, 9.17) is 9.47 Å². The predicted octanol–water partition coefficient (Wildman–Crippen LogP) is 6.78. The summed E-state index contributed by atoms with van der Waals surface area (Å²) in [4.78, 5) is 23.7. The van der Waals surface area contributed by atoms with E-state index < -0.39 is 73.9 Å². The second kappa shape index (κ2) is 11.7. The zero-order valence-electron chi connectivity index (χ0n) is 19.6. The van der Waals surface area contributed by atoms with Crippen molar-refractivity contribution in [1.82, 2.24) is 0 Å². The number of fused-ring (bicyclic) bond motifs is 1. The third-order valence-electron chi connectivity index (χ3n) is 7.04. The number of esters is 2. The fourth-order valence-electron chi connectivity index (χ4n) is 5.37. The van der Waals surface area contributed by atoms with Crippen LogP contribution in [0.3, 0.4) is 0 Å². The van der Waals surface area contributed by atoms with Gasteiger partial charge in [-0.05, 0) is 81.5 Å². The van der Waals surface area contributed by atoms with Gasteiger partial charge in [0, 0.05) is 13.4 Å². The first-order valence-corrected chi connectivity index (χ1v) is 15.4.